The lowest BCUT2D eigenvalue weighted by atomic mass is 10.1. The van der Waals surface area contributed by atoms with Gasteiger partial charge in [0.25, 0.3) is 0 Å². The maximum absolute atomic E-state index is 12.2. The second kappa shape index (κ2) is 7.30. The van der Waals surface area contributed by atoms with E-state index in [9.17, 15) is 4.79 Å². The molecule has 0 aliphatic carbocycles. The van der Waals surface area contributed by atoms with Crippen molar-refractivity contribution in [3.05, 3.63) is 101 Å². The Balaban J connectivity index is 1.58. The minimum Gasteiger partial charge on any atom is -0.457 e. The number of nitrogens with zero attached hydrogens (tertiary/aromatic N) is 1. The fraction of sp³-hybridized carbons (Fsp3) is 0.0435. The van der Waals surface area contributed by atoms with Crippen molar-refractivity contribution < 1.29 is 14.3 Å². The summed E-state index contributed by atoms with van der Waals surface area (Å²) in [5.41, 5.74) is 2.99. The van der Waals surface area contributed by atoms with Crippen LogP contribution in [0.2, 0.25) is 0 Å². The van der Waals surface area contributed by atoms with Gasteiger partial charge in [0.05, 0.1) is 0 Å². The molecule has 3 aromatic carbocycles. The highest BCUT2D eigenvalue weighted by atomic mass is 16.6. The summed E-state index contributed by atoms with van der Waals surface area (Å²) in [7, 11) is 0. The van der Waals surface area contributed by atoms with Crippen LogP contribution in [0.4, 0.5) is 0 Å². The summed E-state index contributed by atoms with van der Waals surface area (Å²) in [5.74, 6) is 1.30. The summed E-state index contributed by atoms with van der Waals surface area (Å²) in [4.78, 5) is 16.5. The first kappa shape index (κ1) is 16.8. The van der Waals surface area contributed by atoms with Crippen LogP contribution in [0.5, 0.6) is 11.5 Å². The lowest BCUT2D eigenvalue weighted by Crippen LogP contribution is -2.05. The monoisotopic (exact) mass is 355 g/mol. The van der Waals surface area contributed by atoms with Gasteiger partial charge in [0.15, 0.2) is 5.70 Å². The lowest BCUT2D eigenvalue weighted by Gasteiger charge is -2.05. The lowest BCUT2D eigenvalue weighted by molar-refractivity contribution is -0.129. The second-order valence-corrected chi connectivity index (χ2v) is 6.19. The van der Waals surface area contributed by atoms with Crippen LogP contribution in [-0.4, -0.2) is 11.9 Å². The molecule has 3 aromatic rings. The molecule has 0 aromatic heterocycles. The number of ether oxygens (including phenoxy) is 2. The molecule has 0 spiro atoms. The third-order valence-electron chi connectivity index (χ3n) is 4.06. The predicted octanol–water partition coefficient (Wildman–Crippen LogP) is 5.13. The van der Waals surface area contributed by atoms with Crippen LogP contribution in [0.15, 0.2) is 89.6 Å². The van der Waals surface area contributed by atoms with Crippen molar-refractivity contribution in [2.75, 3.05) is 0 Å². The van der Waals surface area contributed by atoms with Crippen LogP contribution in [-0.2, 0) is 9.53 Å². The molecule has 0 fully saturated rings. The van der Waals surface area contributed by atoms with Gasteiger partial charge in [-0.3, -0.25) is 0 Å². The quantitative estimate of drug-likeness (QED) is 0.481. The third kappa shape index (κ3) is 3.96. The van der Waals surface area contributed by atoms with E-state index in [2.05, 4.69) is 4.99 Å². The Kier molecular flexibility index (Phi) is 4.54. The number of esters is 1. The van der Waals surface area contributed by atoms with Gasteiger partial charge in [0.1, 0.15) is 11.5 Å². The molecule has 1 aliphatic rings. The van der Waals surface area contributed by atoms with E-state index in [1.165, 1.54) is 0 Å². The molecular formula is C23H17NO3. The van der Waals surface area contributed by atoms with Crippen molar-refractivity contribution in [1.29, 1.82) is 0 Å². The molecule has 4 heteroatoms. The van der Waals surface area contributed by atoms with Gasteiger partial charge in [0.2, 0.25) is 5.90 Å². The fourth-order valence-electron chi connectivity index (χ4n) is 2.68. The molecule has 0 saturated heterocycles. The van der Waals surface area contributed by atoms with Gasteiger partial charge in [-0.1, -0.05) is 48.0 Å². The first-order valence-corrected chi connectivity index (χ1v) is 8.60. The highest BCUT2D eigenvalue weighted by Gasteiger charge is 2.24. The number of hydrogen-bond donors (Lipinski definition) is 0. The van der Waals surface area contributed by atoms with Gasteiger partial charge >= 0.3 is 5.97 Å². The average Bonchev–Trinajstić information content (AvgIpc) is 3.04. The van der Waals surface area contributed by atoms with Gasteiger partial charge in [-0.05, 0) is 55.0 Å². The van der Waals surface area contributed by atoms with E-state index in [0.717, 1.165) is 22.4 Å². The summed E-state index contributed by atoms with van der Waals surface area (Å²) in [6.45, 7) is 2.00. The number of aliphatic imine (C=N–C) groups is 1. The Morgan fingerprint density at radius 1 is 0.889 bits per heavy atom. The molecule has 0 amide bonds. The number of carbonyl (C=O) groups is 1. The van der Waals surface area contributed by atoms with Gasteiger partial charge < -0.3 is 9.47 Å². The molecule has 0 atom stereocenters. The maximum atomic E-state index is 12.2. The molecule has 1 heterocycles. The van der Waals surface area contributed by atoms with E-state index in [1.807, 2.05) is 85.8 Å². The van der Waals surface area contributed by atoms with Crippen molar-refractivity contribution in [2.24, 2.45) is 4.99 Å². The minimum absolute atomic E-state index is 0.266. The third-order valence-corrected chi connectivity index (χ3v) is 4.06. The van der Waals surface area contributed by atoms with Gasteiger partial charge in [-0.15, -0.1) is 0 Å². The van der Waals surface area contributed by atoms with E-state index in [-0.39, 0.29) is 5.70 Å². The van der Waals surface area contributed by atoms with Crippen molar-refractivity contribution in [2.45, 2.75) is 6.92 Å². The van der Waals surface area contributed by atoms with Crippen LogP contribution < -0.4 is 4.74 Å². The number of hydrogen-bond acceptors (Lipinski definition) is 4. The SMILES string of the molecule is Cc1ccc(C2=N/C(=C/c3cccc(Oc4ccccc4)c3)C(=O)O2)cc1. The van der Waals surface area contributed by atoms with Gasteiger partial charge in [0, 0.05) is 5.56 Å². The zero-order valence-electron chi connectivity index (χ0n) is 14.8. The molecule has 1 aliphatic heterocycles. The zero-order chi connectivity index (χ0) is 18.6. The van der Waals surface area contributed by atoms with E-state index >= 15 is 0 Å². The Labute approximate surface area is 157 Å². The molecule has 0 N–H and O–H groups in total. The molecular weight excluding hydrogens is 338 g/mol. The Morgan fingerprint density at radius 3 is 2.41 bits per heavy atom. The van der Waals surface area contributed by atoms with Crippen molar-refractivity contribution in [3.8, 4) is 11.5 Å². The van der Waals surface area contributed by atoms with Crippen LogP contribution in [0.25, 0.3) is 6.08 Å². The van der Waals surface area contributed by atoms with Crippen molar-refractivity contribution in [3.63, 3.8) is 0 Å². The molecule has 0 unspecified atom stereocenters. The topological polar surface area (TPSA) is 47.9 Å². The van der Waals surface area contributed by atoms with E-state index in [4.69, 9.17) is 9.47 Å². The molecule has 0 bridgehead atoms. The van der Waals surface area contributed by atoms with Crippen molar-refractivity contribution in [1.82, 2.24) is 0 Å². The van der Waals surface area contributed by atoms with E-state index in [0.29, 0.717) is 11.6 Å². The fourth-order valence-corrected chi connectivity index (χ4v) is 2.68. The number of benzene rings is 3. The summed E-state index contributed by atoms with van der Waals surface area (Å²) in [6, 6.07) is 24.7. The highest BCUT2D eigenvalue weighted by molar-refractivity contribution is 6.12. The summed E-state index contributed by atoms with van der Waals surface area (Å²) in [6.07, 6.45) is 1.70. The van der Waals surface area contributed by atoms with Crippen LogP contribution in [0.1, 0.15) is 16.7 Å². The normalized spacial score (nSPS) is 14.8. The number of para-hydroxylation sites is 1. The standard InChI is InChI=1S/C23H17NO3/c1-16-10-12-18(13-11-16)22-24-21(23(25)27-22)15-17-6-5-9-20(14-17)26-19-7-3-2-4-8-19/h2-15H,1H3/b21-15+. The molecule has 0 radical (unpaired) electrons. The molecule has 27 heavy (non-hydrogen) atoms. The predicted molar refractivity (Wildman–Crippen MR) is 105 cm³/mol. The van der Waals surface area contributed by atoms with Crippen LogP contribution in [0.3, 0.4) is 0 Å². The molecule has 132 valence electrons. The van der Waals surface area contributed by atoms with E-state index in [1.54, 1.807) is 6.08 Å². The largest absolute Gasteiger partial charge is 0.457 e. The summed E-state index contributed by atoms with van der Waals surface area (Å²) in [5, 5.41) is 0. The molecule has 0 saturated carbocycles. The number of cyclic esters (lactones) is 1. The molecule has 4 rings (SSSR count). The van der Waals surface area contributed by atoms with Gasteiger partial charge in [-0.2, -0.15) is 0 Å². The smallest absolute Gasteiger partial charge is 0.363 e. The Hall–Kier alpha value is -3.66. The average molecular weight is 355 g/mol. The van der Waals surface area contributed by atoms with Crippen molar-refractivity contribution >= 4 is 17.9 Å². The maximum Gasteiger partial charge on any atom is 0.363 e. The second-order valence-electron chi connectivity index (χ2n) is 6.19. The highest BCUT2D eigenvalue weighted by Crippen LogP contribution is 2.24. The Morgan fingerprint density at radius 2 is 1.63 bits per heavy atom. The zero-order valence-corrected chi connectivity index (χ0v) is 14.8. The number of aryl methyl sites for hydroxylation is 1. The summed E-state index contributed by atoms with van der Waals surface area (Å²) < 4.78 is 11.1. The van der Waals surface area contributed by atoms with Crippen LogP contribution >= 0.6 is 0 Å². The first-order valence-electron chi connectivity index (χ1n) is 8.60. The van der Waals surface area contributed by atoms with Crippen LogP contribution in [0, 0.1) is 6.92 Å². The summed E-state index contributed by atoms with van der Waals surface area (Å²) >= 11 is 0. The Bertz CT molecular complexity index is 1030. The van der Waals surface area contributed by atoms with E-state index < -0.39 is 5.97 Å². The van der Waals surface area contributed by atoms with Gasteiger partial charge in [-0.25, -0.2) is 9.79 Å². The first-order chi connectivity index (χ1) is 13.2. The minimum atomic E-state index is -0.458. The number of carbonyl (C=O) groups excluding carboxylic acids is 1. The number of rotatable bonds is 4. The molecule has 4 nitrogen and oxygen atoms in total.